The molecule has 0 saturated heterocycles. The van der Waals surface area contributed by atoms with Crippen LogP contribution in [-0.2, 0) is 11.2 Å². The number of fused-ring (bicyclic) bond motifs is 1. The van der Waals surface area contributed by atoms with Crippen LogP contribution < -0.4 is 9.47 Å². The van der Waals surface area contributed by atoms with Gasteiger partial charge in [0.25, 0.3) is 5.91 Å². The van der Waals surface area contributed by atoms with Crippen LogP contribution in [0.15, 0.2) is 53.2 Å². The molecule has 1 unspecified atom stereocenters. The SMILES string of the molecule is CCOc1ccccc1OCC(=O)N1CCc2sccc2C1c1cccs1. The standard InChI is InChI=1S/C21H21NO3S2/c1-2-24-16-6-3-4-7-17(16)25-14-20(23)22-11-9-18-15(10-13-27-18)21(22)19-8-5-12-26-19/h3-8,10,12-13,21H,2,9,11,14H2,1H3. The summed E-state index contributed by atoms with van der Waals surface area (Å²) in [6.07, 6.45) is 0.899. The molecule has 0 N–H and O–H groups in total. The van der Waals surface area contributed by atoms with E-state index in [1.165, 1.54) is 15.3 Å². The van der Waals surface area contributed by atoms with Gasteiger partial charge in [-0.05, 0) is 53.9 Å². The molecule has 0 radical (unpaired) electrons. The minimum atomic E-state index is -0.0155. The van der Waals surface area contributed by atoms with Crippen molar-refractivity contribution in [3.63, 3.8) is 0 Å². The number of ether oxygens (including phenoxy) is 2. The Labute approximate surface area is 167 Å². The molecule has 27 heavy (non-hydrogen) atoms. The van der Waals surface area contributed by atoms with E-state index in [4.69, 9.17) is 9.47 Å². The van der Waals surface area contributed by atoms with E-state index in [-0.39, 0.29) is 18.6 Å². The molecular formula is C21H21NO3S2. The second kappa shape index (κ2) is 8.15. The first-order valence-corrected chi connectivity index (χ1v) is 10.8. The highest BCUT2D eigenvalue weighted by Gasteiger charge is 2.33. The molecule has 4 nitrogen and oxygen atoms in total. The Hall–Kier alpha value is -2.31. The second-order valence-corrected chi connectivity index (χ2v) is 8.20. The van der Waals surface area contributed by atoms with Gasteiger partial charge in [0, 0.05) is 16.3 Å². The topological polar surface area (TPSA) is 38.8 Å². The third-order valence-corrected chi connectivity index (χ3v) is 6.52. The maximum absolute atomic E-state index is 13.0. The van der Waals surface area contributed by atoms with Gasteiger partial charge in [-0.25, -0.2) is 0 Å². The molecule has 1 aliphatic heterocycles. The predicted octanol–water partition coefficient (Wildman–Crippen LogP) is 4.76. The van der Waals surface area contributed by atoms with Crippen LogP contribution in [0.2, 0.25) is 0 Å². The molecule has 6 heteroatoms. The predicted molar refractivity (Wildman–Crippen MR) is 109 cm³/mol. The summed E-state index contributed by atoms with van der Waals surface area (Å²) in [4.78, 5) is 17.6. The Kier molecular flexibility index (Phi) is 5.45. The molecule has 0 aliphatic carbocycles. The molecular weight excluding hydrogens is 378 g/mol. The van der Waals surface area contributed by atoms with E-state index in [1.54, 1.807) is 22.7 Å². The highest BCUT2D eigenvalue weighted by atomic mass is 32.1. The first kappa shape index (κ1) is 18.1. The van der Waals surface area contributed by atoms with Gasteiger partial charge in [0.05, 0.1) is 12.6 Å². The van der Waals surface area contributed by atoms with E-state index in [0.29, 0.717) is 24.7 Å². The summed E-state index contributed by atoms with van der Waals surface area (Å²) in [5, 5.41) is 4.18. The lowest BCUT2D eigenvalue weighted by molar-refractivity contribution is -0.135. The molecule has 0 saturated carbocycles. The van der Waals surface area contributed by atoms with Gasteiger partial charge >= 0.3 is 0 Å². The summed E-state index contributed by atoms with van der Waals surface area (Å²) in [7, 11) is 0. The summed E-state index contributed by atoms with van der Waals surface area (Å²) in [5.74, 6) is 1.27. The first-order chi connectivity index (χ1) is 13.3. The molecule has 140 valence electrons. The Morgan fingerprint density at radius 1 is 1.07 bits per heavy atom. The Balaban J connectivity index is 1.53. The van der Waals surface area contributed by atoms with Gasteiger partial charge in [-0.3, -0.25) is 4.79 Å². The van der Waals surface area contributed by atoms with Crippen molar-refractivity contribution in [3.8, 4) is 11.5 Å². The molecule has 1 atom stereocenters. The minimum Gasteiger partial charge on any atom is -0.490 e. The van der Waals surface area contributed by atoms with Gasteiger partial charge in [-0.2, -0.15) is 0 Å². The number of thiophene rings is 2. The van der Waals surface area contributed by atoms with Crippen molar-refractivity contribution < 1.29 is 14.3 Å². The maximum atomic E-state index is 13.0. The van der Waals surface area contributed by atoms with Crippen LogP contribution in [0.4, 0.5) is 0 Å². The smallest absolute Gasteiger partial charge is 0.261 e. The summed E-state index contributed by atoms with van der Waals surface area (Å²) < 4.78 is 11.4. The number of hydrogen-bond donors (Lipinski definition) is 0. The number of benzene rings is 1. The van der Waals surface area contributed by atoms with Crippen molar-refractivity contribution in [2.75, 3.05) is 19.8 Å². The van der Waals surface area contributed by atoms with Gasteiger partial charge in [0.1, 0.15) is 0 Å². The summed E-state index contributed by atoms with van der Waals surface area (Å²) >= 11 is 3.47. The van der Waals surface area contributed by atoms with Gasteiger partial charge < -0.3 is 14.4 Å². The molecule has 0 spiro atoms. The van der Waals surface area contributed by atoms with Crippen molar-refractivity contribution in [3.05, 3.63) is 68.5 Å². The number of para-hydroxylation sites is 2. The van der Waals surface area contributed by atoms with E-state index in [0.717, 1.165) is 6.42 Å². The van der Waals surface area contributed by atoms with E-state index >= 15 is 0 Å². The molecule has 0 bridgehead atoms. The second-order valence-electron chi connectivity index (χ2n) is 6.22. The van der Waals surface area contributed by atoms with Crippen molar-refractivity contribution in [2.45, 2.75) is 19.4 Å². The number of carbonyl (C=O) groups excluding carboxylic acids is 1. The van der Waals surface area contributed by atoms with Crippen molar-refractivity contribution in [2.24, 2.45) is 0 Å². The number of amides is 1. The summed E-state index contributed by atoms with van der Waals surface area (Å²) in [6.45, 7) is 3.21. The zero-order chi connectivity index (χ0) is 18.6. The summed E-state index contributed by atoms with van der Waals surface area (Å²) in [6, 6.07) is 13.8. The fourth-order valence-corrected chi connectivity index (χ4v) is 5.16. The lowest BCUT2D eigenvalue weighted by atomic mass is 9.98. The van der Waals surface area contributed by atoms with Crippen LogP contribution >= 0.6 is 22.7 Å². The van der Waals surface area contributed by atoms with E-state index < -0.39 is 0 Å². The average Bonchev–Trinajstić information content (AvgIpc) is 3.38. The fourth-order valence-electron chi connectivity index (χ4n) is 3.41. The lowest BCUT2D eigenvalue weighted by Gasteiger charge is -2.35. The largest absolute Gasteiger partial charge is 0.490 e. The molecule has 2 aromatic heterocycles. The van der Waals surface area contributed by atoms with Crippen LogP contribution in [-0.4, -0.2) is 30.6 Å². The third-order valence-electron chi connectivity index (χ3n) is 4.60. The lowest BCUT2D eigenvalue weighted by Crippen LogP contribution is -2.42. The molecule has 4 rings (SSSR count). The molecule has 1 aliphatic rings. The van der Waals surface area contributed by atoms with Gasteiger partial charge in [-0.1, -0.05) is 18.2 Å². The number of nitrogens with zero attached hydrogens (tertiary/aromatic N) is 1. The van der Waals surface area contributed by atoms with Crippen LogP contribution in [0.25, 0.3) is 0 Å². The van der Waals surface area contributed by atoms with E-state index in [9.17, 15) is 4.79 Å². The molecule has 1 aromatic carbocycles. The molecule has 3 heterocycles. The number of hydrogen-bond acceptors (Lipinski definition) is 5. The van der Waals surface area contributed by atoms with Crippen LogP contribution in [0, 0.1) is 0 Å². The normalized spacial score (nSPS) is 16.0. The minimum absolute atomic E-state index is 0.00319. The van der Waals surface area contributed by atoms with Crippen LogP contribution in [0.3, 0.4) is 0 Å². The maximum Gasteiger partial charge on any atom is 0.261 e. The van der Waals surface area contributed by atoms with Crippen molar-refractivity contribution in [1.82, 2.24) is 4.90 Å². The monoisotopic (exact) mass is 399 g/mol. The molecule has 1 amide bonds. The van der Waals surface area contributed by atoms with Crippen molar-refractivity contribution in [1.29, 1.82) is 0 Å². The number of rotatable bonds is 6. The van der Waals surface area contributed by atoms with E-state index in [1.807, 2.05) is 42.2 Å². The van der Waals surface area contributed by atoms with Crippen molar-refractivity contribution >= 4 is 28.6 Å². The molecule has 0 fully saturated rings. The quantitative estimate of drug-likeness (QED) is 0.600. The average molecular weight is 400 g/mol. The van der Waals surface area contributed by atoms with Crippen LogP contribution in [0.5, 0.6) is 11.5 Å². The fraction of sp³-hybridized carbons (Fsp3) is 0.286. The zero-order valence-corrected chi connectivity index (χ0v) is 16.7. The van der Waals surface area contributed by atoms with Gasteiger partial charge in [0.15, 0.2) is 18.1 Å². The Bertz CT molecular complexity index is 904. The Morgan fingerprint density at radius 2 is 1.89 bits per heavy atom. The van der Waals surface area contributed by atoms with Gasteiger partial charge in [0.2, 0.25) is 0 Å². The summed E-state index contributed by atoms with van der Waals surface area (Å²) in [5.41, 5.74) is 1.25. The molecule has 3 aromatic rings. The highest BCUT2D eigenvalue weighted by molar-refractivity contribution is 7.10. The third kappa shape index (κ3) is 3.73. The zero-order valence-electron chi connectivity index (χ0n) is 15.1. The van der Waals surface area contributed by atoms with Crippen LogP contribution in [0.1, 0.15) is 28.3 Å². The first-order valence-electron chi connectivity index (χ1n) is 9.01. The van der Waals surface area contributed by atoms with Gasteiger partial charge in [-0.15, -0.1) is 22.7 Å². The van der Waals surface area contributed by atoms with E-state index in [2.05, 4.69) is 22.9 Å². The Morgan fingerprint density at radius 3 is 2.63 bits per heavy atom. The number of carbonyl (C=O) groups is 1. The highest BCUT2D eigenvalue weighted by Crippen LogP contribution is 2.39.